The van der Waals surface area contributed by atoms with Gasteiger partial charge in [0.25, 0.3) is 0 Å². The van der Waals surface area contributed by atoms with E-state index in [2.05, 4.69) is 162 Å². The standard InChI is InChI=1S/C53H32N4O2/c1-2-14-33-27-46-42(26-32(33)13-1)37-17-5-8-21-45(37)57(46)35-29-43-39-19-7-10-23-48(39)59-50(43)44(30-35)53-55-51(34-24-25-40-38-18-6-9-22-47(38)58-49(40)28-34)54-52(56-53)41-20-11-15-31-12-3-4-16-36(31)41/h1-30,52H,(H,54,55,56). The Morgan fingerprint density at radius 1 is 0.458 bits per heavy atom. The van der Waals surface area contributed by atoms with E-state index in [4.69, 9.17) is 18.8 Å². The Morgan fingerprint density at radius 2 is 1.12 bits per heavy atom. The van der Waals surface area contributed by atoms with Crippen molar-refractivity contribution in [3.05, 3.63) is 199 Å². The first-order valence-electron chi connectivity index (χ1n) is 19.9. The van der Waals surface area contributed by atoms with Gasteiger partial charge in [0.05, 0.1) is 16.6 Å². The van der Waals surface area contributed by atoms with Crippen LogP contribution in [0.5, 0.6) is 0 Å². The van der Waals surface area contributed by atoms with Crippen molar-refractivity contribution in [3.8, 4) is 5.69 Å². The molecule has 0 saturated heterocycles. The summed E-state index contributed by atoms with van der Waals surface area (Å²) in [6.07, 6.45) is -0.447. The average molecular weight is 757 g/mol. The molecule has 59 heavy (non-hydrogen) atoms. The molecule has 1 atom stereocenters. The topological polar surface area (TPSA) is 68.0 Å². The van der Waals surface area contributed by atoms with Gasteiger partial charge in [-0.3, -0.25) is 0 Å². The third-order valence-corrected chi connectivity index (χ3v) is 12.0. The van der Waals surface area contributed by atoms with Crippen LogP contribution in [-0.4, -0.2) is 16.2 Å². The Bertz CT molecular complexity index is 3780. The van der Waals surface area contributed by atoms with Crippen molar-refractivity contribution in [2.75, 3.05) is 0 Å². The first kappa shape index (κ1) is 32.2. The maximum absolute atomic E-state index is 6.80. The molecule has 1 unspecified atom stereocenters. The minimum absolute atomic E-state index is 0.447. The Labute approximate surface area is 336 Å². The SMILES string of the molecule is c1ccc2cc3c(cc2c1)c1ccccc1n3-c1cc(C2=NC(c3ccc4c(c3)oc3ccccc34)=NC(c3cccc4ccccc34)N2)c2oc3ccccc3c2c1. The fourth-order valence-corrected chi connectivity index (χ4v) is 9.28. The Morgan fingerprint density at radius 3 is 1.97 bits per heavy atom. The molecule has 1 N–H and O–H groups in total. The second-order valence-electron chi connectivity index (χ2n) is 15.4. The van der Waals surface area contributed by atoms with E-state index in [1.54, 1.807) is 0 Å². The van der Waals surface area contributed by atoms with E-state index in [9.17, 15) is 0 Å². The van der Waals surface area contributed by atoms with Crippen LogP contribution in [0.25, 0.3) is 92.9 Å². The molecular formula is C53H32N4O2. The zero-order chi connectivity index (χ0) is 38.6. The normalized spacial score (nSPS) is 14.6. The maximum atomic E-state index is 6.80. The number of hydrogen-bond donors (Lipinski definition) is 1. The van der Waals surface area contributed by atoms with Gasteiger partial charge >= 0.3 is 0 Å². The minimum Gasteiger partial charge on any atom is -0.456 e. The van der Waals surface area contributed by atoms with Crippen LogP contribution in [0.3, 0.4) is 0 Å². The number of benzene rings is 9. The molecule has 3 aromatic heterocycles. The van der Waals surface area contributed by atoms with Gasteiger partial charge in [-0.25, -0.2) is 9.98 Å². The average Bonchev–Trinajstić information content (AvgIpc) is 3.96. The molecular weight excluding hydrogens is 725 g/mol. The van der Waals surface area contributed by atoms with Gasteiger partial charge in [-0.15, -0.1) is 0 Å². The summed E-state index contributed by atoms with van der Waals surface area (Å²) in [5.74, 6) is 1.28. The lowest BCUT2D eigenvalue weighted by Gasteiger charge is -2.25. The number of fused-ring (bicyclic) bond motifs is 11. The van der Waals surface area contributed by atoms with Gasteiger partial charge in [0.15, 0.2) is 5.84 Å². The molecule has 9 aromatic carbocycles. The van der Waals surface area contributed by atoms with Crippen molar-refractivity contribution in [1.29, 1.82) is 0 Å². The third-order valence-electron chi connectivity index (χ3n) is 12.0. The van der Waals surface area contributed by atoms with E-state index in [1.807, 2.05) is 30.3 Å². The maximum Gasteiger partial charge on any atom is 0.159 e. The van der Waals surface area contributed by atoms with E-state index in [1.165, 1.54) is 21.5 Å². The number of nitrogens with one attached hydrogen (secondary N) is 1. The first-order chi connectivity index (χ1) is 29.2. The molecule has 0 amide bonds. The second-order valence-corrected chi connectivity index (χ2v) is 15.4. The van der Waals surface area contributed by atoms with Crippen LogP contribution in [0, 0.1) is 0 Å². The summed E-state index contributed by atoms with van der Waals surface area (Å²) in [5, 5.41) is 15.1. The summed E-state index contributed by atoms with van der Waals surface area (Å²) in [4.78, 5) is 10.7. The van der Waals surface area contributed by atoms with Crippen molar-refractivity contribution in [1.82, 2.24) is 9.88 Å². The number of aliphatic imine (C=N–C) groups is 2. The van der Waals surface area contributed by atoms with Crippen LogP contribution in [0.1, 0.15) is 22.9 Å². The molecule has 1 aliphatic heterocycles. The lowest BCUT2D eigenvalue weighted by molar-refractivity contribution is 0.660. The largest absolute Gasteiger partial charge is 0.456 e. The zero-order valence-electron chi connectivity index (χ0n) is 31.6. The van der Waals surface area contributed by atoms with E-state index in [0.717, 1.165) is 88.1 Å². The highest BCUT2D eigenvalue weighted by Gasteiger charge is 2.27. The fourth-order valence-electron chi connectivity index (χ4n) is 9.28. The molecule has 0 bridgehead atoms. The van der Waals surface area contributed by atoms with Crippen LogP contribution in [0.4, 0.5) is 0 Å². The predicted octanol–water partition coefficient (Wildman–Crippen LogP) is 13.4. The molecule has 276 valence electrons. The molecule has 0 radical (unpaired) electrons. The quantitative estimate of drug-likeness (QED) is 0.194. The molecule has 0 aliphatic carbocycles. The van der Waals surface area contributed by atoms with Crippen molar-refractivity contribution in [2.24, 2.45) is 9.98 Å². The molecule has 1 aliphatic rings. The van der Waals surface area contributed by atoms with Gasteiger partial charge < -0.3 is 18.7 Å². The minimum atomic E-state index is -0.447. The van der Waals surface area contributed by atoms with Crippen molar-refractivity contribution in [2.45, 2.75) is 6.17 Å². The lowest BCUT2D eigenvalue weighted by Crippen LogP contribution is -2.34. The smallest absolute Gasteiger partial charge is 0.159 e. The molecule has 0 fully saturated rings. The summed E-state index contributed by atoms with van der Waals surface area (Å²) in [5.41, 5.74) is 9.29. The highest BCUT2D eigenvalue weighted by atomic mass is 16.3. The van der Waals surface area contributed by atoms with Crippen molar-refractivity contribution < 1.29 is 8.83 Å². The monoisotopic (exact) mass is 756 g/mol. The van der Waals surface area contributed by atoms with E-state index in [-0.39, 0.29) is 0 Å². The second kappa shape index (κ2) is 12.3. The zero-order valence-corrected chi connectivity index (χ0v) is 31.6. The fraction of sp³-hybridized carbons (Fsp3) is 0.0189. The first-order valence-corrected chi connectivity index (χ1v) is 19.9. The van der Waals surface area contributed by atoms with Gasteiger partial charge in [-0.1, -0.05) is 127 Å². The molecule has 0 spiro atoms. The molecule has 4 heterocycles. The Balaban J connectivity index is 1.08. The summed E-state index contributed by atoms with van der Waals surface area (Å²) in [7, 11) is 0. The van der Waals surface area contributed by atoms with Crippen LogP contribution >= 0.6 is 0 Å². The molecule has 12 aromatic rings. The number of aromatic nitrogens is 1. The van der Waals surface area contributed by atoms with Gasteiger partial charge in [0, 0.05) is 49.1 Å². The van der Waals surface area contributed by atoms with Crippen LogP contribution in [0.15, 0.2) is 201 Å². The summed E-state index contributed by atoms with van der Waals surface area (Å²) in [6, 6.07) is 64.0. The van der Waals surface area contributed by atoms with Gasteiger partial charge in [0.1, 0.15) is 34.3 Å². The molecule has 0 saturated carbocycles. The molecule has 6 heteroatoms. The number of nitrogens with zero attached hydrogens (tertiary/aromatic N) is 3. The number of furan rings is 2. The predicted molar refractivity (Wildman–Crippen MR) is 242 cm³/mol. The summed E-state index contributed by atoms with van der Waals surface area (Å²) in [6.45, 7) is 0. The van der Waals surface area contributed by atoms with Gasteiger partial charge in [0.2, 0.25) is 0 Å². The molecule has 6 nitrogen and oxygen atoms in total. The van der Waals surface area contributed by atoms with Crippen molar-refractivity contribution >= 4 is 98.9 Å². The van der Waals surface area contributed by atoms with Crippen LogP contribution in [0.2, 0.25) is 0 Å². The number of hydrogen-bond acceptors (Lipinski definition) is 5. The van der Waals surface area contributed by atoms with E-state index in [0.29, 0.717) is 11.7 Å². The van der Waals surface area contributed by atoms with E-state index >= 15 is 0 Å². The summed E-state index contributed by atoms with van der Waals surface area (Å²) >= 11 is 0. The number of para-hydroxylation sites is 3. The number of amidine groups is 2. The highest BCUT2D eigenvalue weighted by molar-refractivity contribution is 6.21. The summed E-state index contributed by atoms with van der Waals surface area (Å²) < 4.78 is 15.6. The van der Waals surface area contributed by atoms with E-state index < -0.39 is 6.17 Å². The van der Waals surface area contributed by atoms with Gasteiger partial charge in [-0.05, 0) is 76.1 Å². The highest BCUT2D eigenvalue weighted by Crippen LogP contribution is 2.40. The van der Waals surface area contributed by atoms with Crippen LogP contribution in [-0.2, 0) is 0 Å². The molecule has 13 rings (SSSR count). The lowest BCUT2D eigenvalue weighted by atomic mass is 10.0. The van der Waals surface area contributed by atoms with Crippen molar-refractivity contribution in [3.63, 3.8) is 0 Å². The third kappa shape index (κ3) is 4.87. The Hall–Kier alpha value is -7.96. The van der Waals surface area contributed by atoms with Crippen LogP contribution < -0.4 is 5.32 Å². The Kier molecular flexibility index (Phi) is 6.69. The number of rotatable bonds is 4. The van der Waals surface area contributed by atoms with Gasteiger partial charge in [-0.2, -0.15) is 0 Å².